The van der Waals surface area contributed by atoms with Gasteiger partial charge in [0.25, 0.3) is 5.91 Å². The number of carbonyl (C=O) groups excluding carboxylic acids is 2. The Morgan fingerprint density at radius 1 is 1.28 bits per heavy atom. The Morgan fingerprint density at radius 2 is 2.00 bits per heavy atom. The van der Waals surface area contributed by atoms with E-state index < -0.39 is 11.6 Å². The molecule has 0 bridgehead atoms. The number of amides is 3. The summed E-state index contributed by atoms with van der Waals surface area (Å²) in [6.45, 7) is 4.13. The molecule has 2 unspecified atom stereocenters. The lowest BCUT2D eigenvalue weighted by Gasteiger charge is -2.22. The van der Waals surface area contributed by atoms with Crippen LogP contribution in [-0.2, 0) is 4.79 Å². The maximum absolute atomic E-state index is 13.0. The standard InChI is InChI=1S/C18H18FN3O3/c1-11(22-16(23)18(2)8-3-9-21(18)17(22)24)15-20-10-14(25-15)12-4-6-13(19)7-5-12/h4-7,10-11H,3,8-9H2,1-2H3. The Labute approximate surface area is 144 Å². The summed E-state index contributed by atoms with van der Waals surface area (Å²) in [5.41, 5.74) is -0.0726. The zero-order valence-corrected chi connectivity index (χ0v) is 14.0. The summed E-state index contributed by atoms with van der Waals surface area (Å²) in [6, 6.07) is 4.96. The van der Waals surface area contributed by atoms with Gasteiger partial charge in [0.2, 0.25) is 5.89 Å². The third-order valence-electron chi connectivity index (χ3n) is 5.15. The Morgan fingerprint density at radius 3 is 2.68 bits per heavy atom. The molecule has 2 atom stereocenters. The highest BCUT2D eigenvalue weighted by Gasteiger charge is 2.58. The van der Waals surface area contributed by atoms with E-state index in [4.69, 9.17) is 4.42 Å². The molecule has 2 saturated heterocycles. The molecule has 0 radical (unpaired) electrons. The highest BCUT2D eigenvalue weighted by Crippen LogP contribution is 2.41. The minimum absolute atomic E-state index is 0.205. The van der Waals surface area contributed by atoms with E-state index in [-0.39, 0.29) is 23.6 Å². The van der Waals surface area contributed by atoms with Crippen molar-refractivity contribution in [3.05, 3.63) is 42.2 Å². The lowest BCUT2D eigenvalue weighted by Crippen LogP contribution is -2.41. The summed E-state index contributed by atoms with van der Waals surface area (Å²) in [6.07, 6.45) is 3.03. The number of halogens is 1. The quantitative estimate of drug-likeness (QED) is 0.802. The van der Waals surface area contributed by atoms with Gasteiger partial charge in [0.05, 0.1) is 6.20 Å². The minimum atomic E-state index is -0.752. The number of hydrogen-bond donors (Lipinski definition) is 0. The highest BCUT2D eigenvalue weighted by atomic mass is 19.1. The van der Waals surface area contributed by atoms with Crippen molar-refractivity contribution in [1.82, 2.24) is 14.8 Å². The van der Waals surface area contributed by atoms with Crippen LogP contribution in [0, 0.1) is 5.82 Å². The second-order valence-electron chi connectivity index (χ2n) is 6.73. The maximum Gasteiger partial charge on any atom is 0.328 e. The predicted molar refractivity (Wildman–Crippen MR) is 86.9 cm³/mol. The average molecular weight is 343 g/mol. The Balaban J connectivity index is 1.62. The van der Waals surface area contributed by atoms with Crippen molar-refractivity contribution in [2.75, 3.05) is 6.54 Å². The summed E-state index contributed by atoms with van der Waals surface area (Å²) in [5.74, 6) is 0.210. The molecular formula is C18H18FN3O3. The molecule has 3 amide bonds. The largest absolute Gasteiger partial charge is 0.438 e. The van der Waals surface area contributed by atoms with E-state index in [2.05, 4.69) is 4.98 Å². The van der Waals surface area contributed by atoms with Crippen molar-refractivity contribution in [1.29, 1.82) is 0 Å². The Hall–Kier alpha value is -2.70. The molecule has 0 spiro atoms. The lowest BCUT2D eigenvalue weighted by atomic mass is 9.99. The molecule has 1 aromatic heterocycles. The van der Waals surface area contributed by atoms with E-state index >= 15 is 0 Å². The first kappa shape index (κ1) is 15.8. The van der Waals surface area contributed by atoms with Crippen LogP contribution in [-0.4, -0.2) is 38.8 Å². The lowest BCUT2D eigenvalue weighted by molar-refractivity contribution is -0.133. The normalized spacial score (nSPS) is 24.1. The van der Waals surface area contributed by atoms with Gasteiger partial charge in [-0.1, -0.05) is 0 Å². The fraction of sp³-hybridized carbons (Fsp3) is 0.389. The molecule has 25 heavy (non-hydrogen) atoms. The number of nitrogens with zero attached hydrogens (tertiary/aromatic N) is 3. The number of carbonyl (C=O) groups is 2. The van der Waals surface area contributed by atoms with Gasteiger partial charge in [-0.3, -0.25) is 4.79 Å². The van der Waals surface area contributed by atoms with Crippen molar-refractivity contribution >= 4 is 11.9 Å². The van der Waals surface area contributed by atoms with Crippen LogP contribution in [0.2, 0.25) is 0 Å². The first-order valence-corrected chi connectivity index (χ1v) is 8.29. The van der Waals surface area contributed by atoms with Gasteiger partial charge in [-0.05, 0) is 51.0 Å². The summed E-state index contributed by atoms with van der Waals surface area (Å²) in [7, 11) is 0. The smallest absolute Gasteiger partial charge is 0.328 e. The number of imide groups is 1. The second-order valence-corrected chi connectivity index (χ2v) is 6.73. The van der Waals surface area contributed by atoms with Crippen LogP contribution in [0.15, 0.2) is 34.9 Å². The number of rotatable bonds is 3. The predicted octanol–water partition coefficient (Wildman–Crippen LogP) is 3.36. The first-order chi connectivity index (χ1) is 11.9. The van der Waals surface area contributed by atoms with Crippen molar-refractivity contribution in [3.63, 3.8) is 0 Å². The monoisotopic (exact) mass is 343 g/mol. The van der Waals surface area contributed by atoms with E-state index in [1.165, 1.54) is 23.2 Å². The molecular weight excluding hydrogens is 325 g/mol. The van der Waals surface area contributed by atoms with Crippen LogP contribution >= 0.6 is 0 Å². The number of oxazole rings is 1. The summed E-state index contributed by atoms with van der Waals surface area (Å²) in [5, 5.41) is 0. The topological polar surface area (TPSA) is 66.7 Å². The van der Waals surface area contributed by atoms with Gasteiger partial charge in [-0.15, -0.1) is 0 Å². The van der Waals surface area contributed by atoms with Gasteiger partial charge in [0.1, 0.15) is 17.4 Å². The summed E-state index contributed by atoms with van der Waals surface area (Å²) < 4.78 is 18.8. The molecule has 2 aliphatic rings. The highest BCUT2D eigenvalue weighted by molar-refractivity contribution is 6.07. The molecule has 130 valence electrons. The van der Waals surface area contributed by atoms with Crippen LogP contribution in [0.4, 0.5) is 9.18 Å². The molecule has 7 heteroatoms. The molecule has 0 aliphatic carbocycles. The van der Waals surface area contributed by atoms with Crippen molar-refractivity contribution in [2.24, 2.45) is 0 Å². The van der Waals surface area contributed by atoms with Crippen LogP contribution < -0.4 is 0 Å². The van der Waals surface area contributed by atoms with Gasteiger partial charge >= 0.3 is 6.03 Å². The van der Waals surface area contributed by atoms with Crippen LogP contribution in [0.3, 0.4) is 0 Å². The fourth-order valence-corrected chi connectivity index (χ4v) is 3.65. The van der Waals surface area contributed by atoms with Gasteiger partial charge in [0.15, 0.2) is 5.76 Å². The van der Waals surface area contributed by atoms with Crippen molar-refractivity contribution in [3.8, 4) is 11.3 Å². The Kier molecular flexibility index (Phi) is 3.42. The van der Waals surface area contributed by atoms with Crippen molar-refractivity contribution in [2.45, 2.75) is 38.3 Å². The third-order valence-corrected chi connectivity index (χ3v) is 5.15. The molecule has 2 aliphatic heterocycles. The van der Waals surface area contributed by atoms with Crippen LogP contribution in [0.5, 0.6) is 0 Å². The van der Waals surface area contributed by atoms with Gasteiger partial charge in [-0.2, -0.15) is 0 Å². The molecule has 6 nitrogen and oxygen atoms in total. The van der Waals surface area contributed by atoms with E-state index in [0.717, 1.165) is 6.42 Å². The fourth-order valence-electron chi connectivity index (χ4n) is 3.65. The SMILES string of the molecule is CC(c1ncc(-c2ccc(F)cc2)o1)N1C(=O)N2CCCC2(C)C1=O. The Bertz CT molecular complexity index is 848. The number of hydrogen-bond acceptors (Lipinski definition) is 4. The van der Waals surface area contributed by atoms with E-state index in [1.54, 1.807) is 24.0 Å². The number of fused-ring (bicyclic) bond motifs is 1. The zero-order chi connectivity index (χ0) is 17.8. The van der Waals surface area contributed by atoms with E-state index in [9.17, 15) is 14.0 Å². The number of benzene rings is 1. The van der Waals surface area contributed by atoms with Crippen LogP contribution in [0.25, 0.3) is 11.3 Å². The molecule has 0 N–H and O–H groups in total. The van der Waals surface area contributed by atoms with Gasteiger partial charge < -0.3 is 9.32 Å². The van der Waals surface area contributed by atoms with E-state index in [0.29, 0.717) is 24.3 Å². The zero-order valence-electron chi connectivity index (χ0n) is 14.0. The van der Waals surface area contributed by atoms with Crippen molar-refractivity contribution < 1.29 is 18.4 Å². The second kappa shape index (κ2) is 5.40. The maximum atomic E-state index is 13.0. The van der Waals surface area contributed by atoms with Crippen LogP contribution in [0.1, 0.15) is 38.6 Å². The number of aromatic nitrogens is 1. The molecule has 0 saturated carbocycles. The molecule has 1 aromatic carbocycles. The minimum Gasteiger partial charge on any atom is -0.438 e. The van der Waals surface area contributed by atoms with Gasteiger partial charge in [-0.25, -0.2) is 19.1 Å². The number of urea groups is 1. The molecule has 2 aromatic rings. The average Bonchev–Trinajstić information content (AvgIpc) is 3.26. The molecule has 4 rings (SSSR count). The molecule has 2 fully saturated rings. The third kappa shape index (κ3) is 2.26. The molecule has 3 heterocycles. The first-order valence-electron chi connectivity index (χ1n) is 8.29. The summed E-state index contributed by atoms with van der Waals surface area (Å²) >= 11 is 0. The van der Waals surface area contributed by atoms with E-state index in [1.807, 2.05) is 6.92 Å². The van der Waals surface area contributed by atoms with Gasteiger partial charge in [0, 0.05) is 12.1 Å². The summed E-state index contributed by atoms with van der Waals surface area (Å²) in [4.78, 5) is 32.5.